The SMILES string of the molecule is Cc1cc(/C=C2\NC(=O)N(CC(=O)Nc3ccccc3F)C2=O)c(C)o1. The van der Waals surface area contributed by atoms with Gasteiger partial charge in [0.2, 0.25) is 5.91 Å². The van der Waals surface area contributed by atoms with E-state index in [2.05, 4.69) is 10.6 Å². The summed E-state index contributed by atoms with van der Waals surface area (Å²) in [7, 11) is 0. The first-order valence-electron chi connectivity index (χ1n) is 7.81. The average Bonchev–Trinajstić information content (AvgIpc) is 3.03. The molecule has 0 unspecified atom stereocenters. The van der Waals surface area contributed by atoms with Crippen molar-refractivity contribution in [3.8, 4) is 0 Å². The van der Waals surface area contributed by atoms with Crippen LogP contribution in [-0.4, -0.2) is 29.3 Å². The Labute approximate surface area is 148 Å². The second kappa shape index (κ2) is 6.83. The van der Waals surface area contributed by atoms with Gasteiger partial charge >= 0.3 is 6.03 Å². The van der Waals surface area contributed by atoms with E-state index in [9.17, 15) is 18.8 Å². The van der Waals surface area contributed by atoms with Crippen LogP contribution in [0.1, 0.15) is 17.1 Å². The van der Waals surface area contributed by atoms with E-state index in [0.29, 0.717) is 17.1 Å². The number of carbonyl (C=O) groups excluding carboxylic acids is 3. The van der Waals surface area contributed by atoms with Crippen LogP contribution >= 0.6 is 0 Å². The van der Waals surface area contributed by atoms with E-state index in [0.717, 1.165) is 4.90 Å². The summed E-state index contributed by atoms with van der Waals surface area (Å²) in [6.07, 6.45) is 1.49. The van der Waals surface area contributed by atoms with E-state index >= 15 is 0 Å². The zero-order valence-corrected chi connectivity index (χ0v) is 14.1. The molecule has 0 radical (unpaired) electrons. The Morgan fingerprint density at radius 1 is 1.31 bits per heavy atom. The minimum Gasteiger partial charge on any atom is -0.466 e. The fourth-order valence-electron chi connectivity index (χ4n) is 2.56. The number of anilines is 1. The number of furan rings is 1. The van der Waals surface area contributed by atoms with Gasteiger partial charge in [-0.15, -0.1) is 0 Å². The van der Waals surface area contributed by atoms with Crippen LogP contribution in [0.25, 0.3) is 6.08 Å². The van der Waals surface area contributed by atoms with Crippen molar-refractivity contribution in [1.82, 2.24) is 10.2 Å². The van der Waals surface area contributed by atoms with Crippen LogP contribution in [0, 0.1) is 19.7 Å². The summed E-state index contributed by atoms with van der Waals surface area (Å²) in [6.45, 7) is 2.98. The number of imide groups is 1. The minimum absolute atomic E-state index is 0.0233. The highest BCUT2D eigenvalue weighted by atomic mass is 19.1. The lowest BCUT2D eigenvalue weighted by Gasteiger charge is -2.12. The number of para-hydroxylation sites is 1. The molecule has 2 heterocycles. The van der Waals surface area contributed by atoms with Crippen LogP contribution in [-0.2, 0) is 9.59 Å². The molecule has 0 aliphatic carbocycles. The number of halogens is 1. The lowest BCUT2D eigenvalue weighted by Crippen LogP contribution is -2.38. The third-order valence-corrected chi connectivity index (χ3v) is 3.79. The molecule has 0 bridgehead atoms. The van der Waals surface area contributed by atoms with Crippen molar-refractivity contribution in [2.45, 2.75) is 13.8 Å². The number of urea groups is 1. The van der Waals surface area contributed by atoms with Crippen molar-refractivity contribution < 1.29 is 23.2 Å². The second-order valence-corrected chi connectivity index (χ2v) is 5.78. The Kier molecular flexibility index (Phi) is 4.57. The number of aryl methyl sites for hydroxylation is 2. The Balaban J connectivity index is 1.72. The molecule has 0 atom stereocenters. The molecule has 1 saturated heterocycles. The van der Waals surface area contributed by atoms with E-state index < -0.39 is 30.2 Å². The standard InChI is InChI=1S/C18H16FN3O4/c1-10-7-12(11(2)26-10)8-15-17(24)22(18(25)21-15)9-16(23)20-14-6-4-3-5-13(14)19/h3-8H,9H2,1-2H3,(H,20,23)(H,21,25)/b15-8-. The van der Waals surface area contributed by atoms with Gasteiger partial charge in [0, 0.05) is 5.56 Å². The molecular formula is C18H16FN3O4. The number of rotatable bonds is 4. The fraction of sp³-hybridized carbons (Fsp3) is 0.167. The molecule has 26 heavy (non-hydrogen) atoms. The van der Waals surface area contributed by atoms with Gasteiger partial charge in [-0.3, -0.25) is 9.59 Å². The molecule has 0 saturated carbocycles. The smallest absolute Gasteiger partial charge is 0.329 e. The Hall–Kier alpha value is -3.42. The molecule has 0 spiro atoms. The maximum atomic E-state index is 13.6. The third kappa shape index (κ3) is 3.49. The molecule has 2 aromatic rings. The van der Waals surface area contributed by atoms with Crippen LogP contribution < -0.4 is 10.6 Å². The van der Waals surface area contributed by atoms with Crippen molar-refractivity contribution in [1.29, 1.82) is 0 Å². The van der Waals surface area contributed by atoms with Gasteiger partial charge in [0.1, 0.15) is 29.6 Å². The maximum absolute atomic E-state index is 13.6. The Bertz CT molecular complexity index is 932. The highest BCUT2D eigenvalue weighted by Crippen LogP contribution is 2.20. The van der Waals surface area contributed by atoms with E-state index in [1.807, 2.05) is 0 Å². The Morgan fingerprint density at radius 2 is 2.04 bits per heavy atom. The van der Waals surface area contributed by atoms with E-state index in [4.69, 9.17) is 4.42 Å². The average molecular weight is 357 g/mol. The number of carbonyl (C=O) groups is 3. The summed E-state index contributed by atoms with van der Waals surface area (Å²) in [4.78, 5) is 37.2. The molecule has 8 heteroatoms. The lowest BCUT2D eigenvalue weighted by atomic mass is 10.2. The normalized spacial score (nSPS) is 15.5. The van der Waals surface area contributed by atoms with Crippen molar-refractivity contribution in [3.63, 3.8) is 0 Å². The molecular weight excluding hydrogens is 341 g/mol. The molecule has 4 amide bonds. The largest absolute Gasteiger partial charge is 0.466 e. The van der Waals surface area contributed by atoms with Crippen molar-refractivity contribution in [3.05, 3.63) is 58.9 Å². The minimum atomic E-state index is -0.720. The molecule has 1 fully saturated rings. The van der Waals surface area contributed by atoms with Crippen molar-refractivity contribution in [2.75, 3.05) is 11.9 Å². The maximum Gasteiger partial charge on any atom is 0.329 e. The first-order valence-corrected chi connectivity index (χ1v) is 7.81. The first kappa shape index (κ1) is 17.4. The Morgan fingerprint density at radius 3 is 2.69 bits per heavy atom. The predicted molar refractivity (Wildman–Crippen MR) is 91.4 cm³/mol. The number of benzene rings is 1. The summed E-state index contributed by atoms with van der Waals surface area (Å²) in [6, 6.07) is 6.63. The summed E-state index contributed by atoms with van der Waals surface area (Å²) < 4.78 is 18.9. The number of nitrogens with one attached hydrogen (secondary N) is 2. The number of amides is 4. The lowest BCUT2D eigenvalue weighted by molar-refractivity contribution is -0.127. The van der Waals surface area contributed by atoms with E-state index in [1.165, 1.54) is 24.3 Å². The fourth-order valence-corrected chi connectivity index (χ4v) is 2.56. The first-order chi connectivity index (χ1) is 12.3. The van der Waals surface area contributed by atoms with Gasteiger partial charge in [-0.2, -0.15) is 0 Å². The van der Waals surface area contributed by atoms with Gasteiger partial charge in [-0.1, -0.05) is 12.1 Å². The van der Waals surface area contributed by atoms with Crippen molar-refractivity contribution >= 4 is 29.6 Å². The molecule has 3 rings (SSSR count). The van der Waals surface area contributed by atoms with Crippen molar-refractivity contribution in [2.24, 2.45) is 0 Å². The van der Waals surface area contributed by atoms with Gasteiger partial charge < -0.3 is 15.1 Å². The molecule has 2 N–H and O–H groups in total. The van der Waals surface area contributed by atoms with Gasteiger partial charge in [-0.05, 0) is 38.1 Å². The quantitative estimate of drug-likeness (QED) is 0.650. The molecule has 7 nitrogen and oxygen atoms in total. The molecule has 134 valence electrons. The summed E-state index contributed by atoms with van der Waals surface area (Å²) in [5.74, 6) is -0.656. The van der Waals surface area contributed by atoms with Gasteiger partial charge in [-0.25, -0.2) is 14.1 Å². The number of hydrogen-bond acceptors (Lipinski definition) is 4. The summed E-state index contributed by atoms with van der Waals surface area (Å²) >= 11 is 0. The summed E-state index contributed by atoms with van der Waals surface area (Å²) in [5, 5.41) is 4.76. The predicted octanol–water partition coefficient (Wildman–Crippen LogP) is 2.57. The van der Waals surface area contributed by atoms with Crippen LogP contribution in [0.15, 0.2) is 40.4 Å². The highest BCUT2D eigenvalue weighted by molar-refractivity contribution is 6.16. The van der Waals surface area contributed by atoms with Gasteiger partial charge in [0.05, 0.1) is 5.69 Å². The zero-order chi connectivity index (χ0) is 18.8. The second-order valence-electron chi connectivity index (χ2n) is 5.78. The molecule has 1 aromatic heterocycles. The molecule has 1 aliphatic heterocycles. The number of hydrogen-bond donors (Lipinski definition) is 2. The van der Waals surface area contributed by atoms with E-state index in [-0.39, 0.29) is 11.4 Å². The highest BCUT2D eigenvalue weighted by Gasteiger charge is 2.35. The van der Waals surface area contributed by atoms with Gasteiger partial charge in [0.15, 0.2) is 0 Å². The van der Waals surface area contributed by atoms with Gasteiger partial charge in [0.25, 0.3) is 5.91 Å². The number of nitrogens with zero attached hydrogens (tertiary/aromatic N) is 1. The van der Waals surface area contributed by atoms with Crippen LogP contribution in [0.5, 0.6) is 0 Å². The van der Waals surface area contributed by atoms with Crippen LogP contribution in [0.4, 0.5) is 14.9 Å². The molecule has 1 aromatic carbocycles. The van der Waals surface area contributed by atoms with E-state index in [1.54, 1.807) is 26.0 Å². The zero-order valence-electron chi connectivity index (χ0n) is 14.1. The third-order valence-electron chi connectivity index (χ3n) is 3.79. The van der Waals surface area contributed by atoms with Crippen LogP contribution in [0.2, 0.25) is 0 Å². The molecule has 1 aliphatic rings. The topological polar surface area (TPSA) is 91.7 Å². The monoisotopic (exact) mass is 357 g/mol. The summed E-state index contributed by atoms with van der Waals surface area (Å²) in [5.41, 5.74) is 0.672. The van der Waals surface area contributed by atoms with Crippen LogP contribution in [0.3, 0.4) is 0 Å².